The van der Waals surface area contributed by atoms with E-state index in [0.717, 1.165) is 6.07 Å². The average Bonchev–Trinajstić information content (AvgIpc) is 2.64. The van der Waals surface area contributed by atoms with E-state index in [-0.39, 0.29) is 23.6 Å². The Morgan fingerprint density at radius 1 is 1.44 bits per heavy atom. The van der Waals surface area contributed by atoms with Gasteiger partial charge in [-0.3, -0.25) is 10.2 Å². The quantitative estimate of drug-likeness (QED) is 0.412. The lowest BCUT2D eigenvalue weighted by Gasteiger charge is -2.15. The monoisotopic (exact) mass is 372 g/mol. The Bertz CT molecular complexity index is 892. The molecule has 1 aromatic heterocycles. The fourth-order valence-corrected chi connectivity index (χ4v) is 2.35. The molecule has 0 aliphatic carbocycles. The zero-order valence-corrected chi connectivity index (χ0v) is 14.6. The molecule has 2 rings (SSSR count). The number of amides is 1. The van der Waals surface area contributed by atoms with Crippen molar-refractivity contribution in [2.45, 2.75) is 19.3 Å². The molecule has 8 heteroatoms. The number of ether oxygens (including phenoxy) is 1. The zero-order chi connectivity index (χ0) is 20.0. The number of pyridine rings is 1. The minimum Gasteiger partial charge on any atom is -0.466 e. The van der Waals surface area contributed by atoms with Crippen LogP contribution in [-0.4, -0.2) is 23.5 Å². The molecule has 4 N–H and O–H groups in total. The number of nitrogens with two attached hydrogens (primary N) is 1. The van der Waals surface area contributed by atoms with Crippen molar-refractivity contribution >= 4 is 17.6 Å². The normalized spacial score (nSPS) is 11.3. The highest BCUT2D eigenvalue weighted by molar-refractivity contribution is 6.02. The fourth-order valence-electron chi connectivity index (χ4n) is 2.35. The molecule has 1 amide bonds. The lowest BCUT2D eigenvalue weighted by molar-refractivity contribution is 0.102. The summed E-state index contributed by atoms with van der Waals surface area (Å²) in [6.07, 6.45) is 6.90. The smallest absolute Gasteiger partial charge is 0.278 e. The number of halogens is 2. The molecule has 0 saturated heterocycles. The van der Waals surface area contributed by atoms with Gasteiger partial charge in [0.15, 0.2) is 11.6 Å². The molecule has 1 aromatic carbocycles. The number of terminal acetylenes is 1. The van der Waals surface area contributed by atoms with Gasteiger partial charge < -0.3 is 15.8 Å². The second-order valence-corrected chi connectivity index (χ2v) is 5.79. The second-order valence-electron chi connectivity index (χ2n) is 5.79. The van der Waals surface area contributed by atoms with Gasteiger partial charge in [0.2, 0.25) is 0 Å². The van der Waals surface area contributed by atoms with Crippen LogP contribution in [0.25, 0.3) is 0 Å². The molecule has 27 heavy (non-hydrogen) atoms. The number of benzene rings is 1. The summed E-state index contributed by atoms with van der Waals surface area (Å²) >= 11 is 0. The third kappa shape index (κ3) is 5.25. The first-order valence-electron chi connectivity index (χ1n) is 8.01. The molecule has 6 nitrogen and oxygen atoms in total. The van der Waals surface area contributed by atoms with Crippen molar-refractivity contribution in [3.05, 3.63) is 58.9 Å². The molecule has 1 heterocycles. The van der Waals surface area contributed by atoms with Gasteiger partial charge in [0.25, 0.3) is 11.9 Å². The molecule has 0 fully saturated rings. The standard InChI is InChI=1S/C19H18F2N4O2/c1-3-12-4-5-16(24-10-12)18(26)25-13-8-14(17(21)15(20)9-13)11(2)6-7-27-19(22)23/h1,4-5,8-11H,6-7H2,2H3,(H3,22,23)(H,25,26)/t11-/m0/s1. The maximum atomic E-state index is 14.1. The van der Waals surface area contributed by atoms with Crippen molar-refractivity contribution in [1.29, 1.82) is 5.41 Å². The highest BCUT2D eigenvalue weighted by Crippen LogP contribution is 2.27. The van der Waals surface area contributed by atoms with E-state index in [0.29, 0.717) is 12.0 Å². The molecule has 140 valence electrons. The predicted molar refractivity (Wildman–Crippen MR) is 97.4 cm³/mol. The minimum absolute atomic E-state index is 0.0769. The summed E-state index contributed by atoms with van der Waals surface area (Å²) in [6.45, 7) is 1.76. The van der Waals surface area contributed by atoms with Crippen molar-refractivity contribution in [2.24, 2.45) is 5.73 Å². The van der Waals surface area contributed by atoms with Crippen LogP contribution in [0.1, 0.15) is 40.9 Å². The van der Waals surface area contributed by atoms with Crippen LogP contribution in [0.15, 0.2) is 30.5 Å². The highest BCUT2D eigenvalue weighted by Gasteiger charge is 2.18. The van der Waals surface area contributed by atoms with E-state index in [9.17, 15) is 13.6 Å². The Hall–Kier alpha value is -3.47. The van der Waals surface area contributed by atoms with Crippen LogP contribution in [0.5, 0.6) is 0 Å². The van der Waals surface area contributed by atoms with Crippen LogP contribution in [-0.2, 0) is 4.74 Å². The molecular formula is C19H18F2N4O2. The van der Waals surface area contributed by atoms with Crippen LogP contribution in [0.4, 0.5) is 14.5 Å². The maximum absolute atomic E-state index is 14.1. The fraction of sp³-hybridized carbons (Fsp3) is 0.211. The molecule has 0 saturated carbocycles. The molecular weight excluding hydrogens is 354 g/mol. The Morgan fingerprint density at radius 3 is 2.78 bits per heavy atom. The van der Waals surface area contributed by atoms with Gasteiger partial charge in [-0.25, -0.2) is 13.8 Å². The molecule has 0 spiro atoms. The van der Waals surface area contributed by atoms with Crippen LogP contribution in [0.3, 0.4) is 0 Å². The first-order valence-corrected chi connectivity index (χ1v) is 8.01. The zero-order valence-electron chi connectivity index (χ0n) is 14.6. The number of aromatic nitrogens is 1. The van der Waals surface area contributed by atoms with Gasteiger partial charge in [0, 0.05) is 23.5 Å². The second kappa shape index (κ2) is 8.76. The first-order chi connectivity index (χ1) is 12.8. The van der Waals surface area contributed by atoms with E-state index < -0.39 is 29.5 Å². The molecule has 0 aliphatic rings. The minimum atomic E-state index is -1.09. The molecule has 0 aliphatic heterocycles. The SMILES string of the molecule is C#Cc1ccc(C(=O)Nc2cc(F)c(F)c([C@@H](C)CCOC(=N)N)c2)nc1. The third-order valence-electron chi connectivity index (χ3n) is 3.82. The van der Waals surface area contributed by atoms with Crippen molar-refractivity contribution in [3.63, 3.8) is 0 Å². The van der Waals surface area contributed by atoms with E-state index in [1.165, 1.54) is 18.3 Å². The molecule has 1 atom stereocenters. The van der Waals surface area contributed by atoms with E-state index in [1.54, 1.807) is 13.0 Å². The maximum Gasteiger partial charge on any atom is 0.278 e. The number of anilines is 1. The number of carbonyl (C=O) groups excluding carboxylic acids is 1. The molecule has 2 aromatic rings. The number of hydrogen-bond acceptors (Lipinski definition) is 4. The number of nitrogens with one attached hydrogen (secondary N) is 2. The van der Waals surface area contributed by atoms with Gasteiger partial charge in [-0.05, 0) is 36.1 Å². The predicted octanol–water partition coefficient (Wildman–Crippen LogP) is 3.00. The summed E-state index contributed by atoms with van der Waals surface area (Å²) in [4.78, 5) is 16.2. The van der Waals surface area contributed by atoms with E-state index in [2.05, 4.69) is 16.2 Å². The van der Waals surface area contributed by atoms with Gasteiger partial charge in [0.1, 0.15) is 5.69 Å². The van der Waals surface area contributed by atoms with Crippen LogP contribution in [0.2, 0.25) is 0 Å². The Kier molecular flexibility index (Phi) is 6.44. The van der Waals surface area contributed by atoms with Gasteiger partial charge in [-0.1, -0.05) is 12.8 Å². The van der Waals surface area contributed by atoms with E-state index in [1.807, 2.05) is 0 Å². The lowest BCUT2D eigenvalue weighted by Crippen LogP contribution is -2.16. The lowest BCUT2D eigenvalue weighted by atomic mass is 9.96. The molecule has 0 unspecified atom stereocenters. The molecule has 0 radical (unpaired) electrons. The Balaban J connectivity index is 2.17. The van der Waals surface area contributed by atoms with Gasteiger partial charge in [0.05, 0.1) is 6.61 Å². The van der Waals surface area contributed by atoms with Crippen LogP contribution < -0.4 is 11.1 Å². The van der Waals surface area contributed by atoms with E-state index in [4.69, 9.17) is 22.3 Å². The summed E-state index contributed by atoms with van der Waals surface area (Å²) < 4.78 is 32.9. The first kappa shape index (κ1) is 19.8. The summed E-state index contributed by atoms with van der Waals surface area (Å²) in [6, 6.07) is 4.79. The number of rotatable bonds is 6. The molecule has 0 bridgehead atoms. The number of carbonyl (C=O) groups is 1. The van der Waals surface area contributed by atoms with Gasteiger partial charge in [-0.15, -0.1) is 6.42 Å². The summed E-state index contributed by atoms with van der Waals surface area (Å²) in [5.41, 5.74) is 5.86. The number of nitrogens with zero attached hydrogens (tertiary/aromatic N) is 1. The van der Waals surface area contributed by atoms with Crippen molar-refractivity contribution < 1.29 is 18.3 Å². The van der Waals surface area contributed by atoms with Gasteiger partial charge >= 0.3 is 0 Å². The Morgan fingerprint density at radius 2 is 2.19 bits per heavy atom. The van der Waals surface area contributed by atoms with Crippen molar-refractivity contribution in [1.82, 2.24) is 4.98 Å². The number of hydrogen-bond donors (Lipinski definition) is 3. The third-order valence-corrected chi connectivity index (χ3v) is 3.82. The van der Waals surface area contributed by atoms with Crippen LogP contribution in [0, 0.1) is 29.4 Å². The van der Waals surface area contributed by atoms with Crippen LogP contribution >= 0.6 is 0 Å². The highest BCUT2D eigenvalue weighted by atomic mass is 19.2. The van der Waals surface area contributed by atoms with Crippen molar-refractivity contribution in [3.8, 4) is 12.3 Å². The largest absolute Gasteiger partial charge is 0.466 e. The number of amidine groups is 1. The Labute approximate surface area is 155 Å². The van der Waals surface area contributed by atoms with E-state index >= 15 is 0 Å². The summed E-state index contributed by atoms with van der Waals surface area (Å²) in [5.74, 6) is -0.710. The van der Waals surface area contributed by atoms with Gasteiger partial charge in [-0.2, -0.15) is 0 Å². The summed E-state index contributed by atoms with van der Waals surface area (Å²) in [7, 11) is 0. The summed E-state index contributed by atoms with van der Waals surface area (Å²) in [5, 5.41) is 9.48. The topological polar surface area (TPSA) is 101 Å². The van der Waals surface area contributed by atoms with Crippen molar-refractivity contribution in [2.75, 3.05) is 11.9 Å². The average molecular weight is 372 g/mol.